The van der Waals surface area contributed by atoms with Crippen LogP contribution >= 0.6 is 0 Å². The number of unbranched alkanes of at least 4 members (excludes halogenated alkanes) is 1. The van der Waals surface area contributed by atoms with Gasteiger partial charge in [-0.2, -0.15) is 0 Å². The maximum atomic E-state index is 13.0. The van der Waals surface area contributed by atoms with Gasteiger partial charge in [-0.15, -0.1) is 0 Å². The molecule has 0 saturated carbocycles. The molecular weight excluding hydrogens is 362 g/mol. The molecule has 1 heterocycles. The number of amides is 1. The average Bonchev–Trinajstić information content (AvgIpc) is 2.70. The predicted molar refractivity (Wildman–Crippen MR) is 103 cm³/mol. The molecule has 2 rings (SSSR count). The second-order valence-electron chi connectivity index (χ2n) is 7.04. The summed E-state index contributed by atoms with van der Waals surface area (Å²) in [5.74, 6) is -1.84. The van der Waals surface area contributed by atoms with Crippen LogP contribution in [0, 0.1) is 0 Å². The first-order valence-corrected chi connectivity index (χ1v) is 9.53. The van der Waals surface area contributed by atoms with Crippen molar-refractivity contribution in [1.82, 2.24) is 10.2 Å². The summed E-state index contributed by atoms with van der Waals surface area (Å²) < 4.78 is 4.82. The minimum absolute atomic E-state index is 0.230. The molecule has 3 atom stereocenters. The minimum Gasteiger partial charge on any atom is -0.480 e. The lowest BCUT2D eigenvalue weighted by Gasteiger charge is -2.36. The van der Waals surface area contributed by atoms with E-state index in [1.165, 1.54) is 12.0 Å². The maximum Gasteiger partial charge on any atom is 0.326 e. The number of rotatable bonds is 9. The summed E-state index contributed by atoms with van der Waals surface area (Å²) in [6.45, 7) is 2.39. The third kappa shape index (κ3) is 5.30. The number of nitrogens with two attached hydrogens (primary N) is 1. The van der Waals surface area contributed by atoms with Crippen molar-refractivity contribution < 1.29 is 24.2 Å². The Bertz CT molecular complexity index is 709. The van der Waals surface area contributed by atoms with Crippen molar-refractivity contribution in [2.75, 3.05) is 13.7 Å². The Hall–Kier alpha value is -2.45. The monoisotopic (exact) mass is 391 g/mol. The quantitative estimate of drug-likeness (QED) is 0.418. The molecule has 0 radical (unpaired) electrons. The molecule has 1 amide bonds. The second-order valence-corrected chi connectivity index (χ2v) is 7.04. The molecule has 1 aliphatic rings. The molecule has 28 heavy (non-hydrogen) atoms. The number of ether oxygens (including phenoxy) is 1. The van der Waals surface area contributed by atoms with Gasteiger partial charge in [0.15, 0.2) is 0 Å². The Kier molecular flexibility index (Phi) is 7.95. The predicted octanol–water partition coefficient (Wildman–Crippen LogP) is 0.673. The summed E-state index contributed by atoms with van der Waals surface area (Å²) in [5.41, 5.74) is 7.38. The molecule has 0 fully saturated rings. The summed E-state index contributed by atoms with van der Waals surface area (Å²) in [7, 11) is 1.30. The number of aliphatic carboxylic acids is 1. The van der Waals surface area contributed by atoms with Crippen molar-refractivity contribution in [3.63, 3.8) is 0 Å². The summed E-state index contributed by atoms with van der Waals surface area (Å²) in [6.07, 6.45) is 2.24. The van der Waals surface area contributed by atoms with E-state index in [-0.39, 0.29) is 18.9 Å². The zero-order valence-electron chi connectivity index (χ0n) is 16.4. The maximum absolute atomic E-state index is 13.0. The van der Waals surface area contributed by atoms with Gasteiger partial charge in [0.2, 0.25) is 5.91 Å². The SMILES string of the molecule is COC(=O)[C@H](CCCCN)N[C@@H](C)C(=O)N1Cc2ccccc2C[C@H]1C(=O)O. The molecule has 1 aliphatic heterocycles. The van der Waals surface area contributed by atoms with Crippen molar-refractivity contribution in [3.8, 4) is 0 Å². The lowest BCUT2D eigenvalue weighted by Crippen LogP contribution is -2.56. The normalized spacial score (nSPS) is 18.1. The van der Waals surface area contributed by atoms with Gasteiger partial charge in [0.25, 0.3) is 0 Å². The highest BCUT2D eigenvalue weighted by Gasteiger charge is 2.37. The van der Waals surface area contributed by atoms with Crippen molar-refractivity contribution in [1.29, 1.82) is 0 Å². The molecule has 4 N–H and O–H groups in total. The number of fused-ring (bicyclic) bond motifs is 1. The number of carbonyl (C=O) groups excluding carboxylic acids is 2. The fraction of sp³-hybridized carbons (Fsp3) is 0.550. The van der Waals surface area contributed by atoms with Crippen LogP contribution in [0.4, 0.5) is 0 Å². The van der Waals surface area contributed by atoms with Crippen LogP contribution in [-0.2, 0) is 32.1 Å². The highest BCUT2D eigenvalue weighted by molar-refractivity contribution is 5.88. The number of nitrogens with zero attached hydrogens (tertiary/aromatic N) is 1. The average molecular weight is 391 g/mol. The van der Waals surface area contributed by atoms with Crippen LogP contribution in [0.3, 0.4) is 0 Å². The largest absolute Gasteiger partial charge is 0.480 e. The van der Waals surface area contributed by atoms with Gasteiger partial charge >= 0.3 is 11.9 Å². The van der Waals surface area contributed by atoms with Gasteiger partial charge in [-0.05, 0) is 37.4 Å². The topological polar surface area (TPSA) is 122 Å². The van der Waals surface area contributed by atoms with Crippen LogP contribution in [0.1, 0.15) is 37.3 Å². The van der Waals surface area contributed by atoms with Crippen LogP contribution in [0.2, 0.25) is 0 Å². The van der Waals surface area contributed by atoms with E-state index in [1.807, 2.05) is 24.3 Å². The van der Waals surface area contributed by atoms with Crippen molar-refractivity contribution in [3.05, 3.63) is 35.4 Å². The fourth-order valence-electron chi connectivity index (χ4n) is 3.50. The molecule has 0 spiro atoms. The van der Waals surface area contributed by atoms with Crippen LogP contribution in [0.25, 0.3) is 0 Å². The summed E-state index contributed by atoms with van der Waals surface area (Å²) in [5, 5.41) is 12.6. The molecular formula is C20H29N3O5. The molecule has 0 saturated heterocycles. The highest BCUT2D eigenvalue weighted by Crippen LogP contribution is 2.24. The summed E-state index contributed by atoms with van der Waals surface area (Å²) in [4.78, 5) is 38.2. The first-order chi connectivity index (χ1) is 13.4. The molecule has 0 bridgehead atoms. The molecule has 0 aliphatic carbocycles. The third-order valence-corrected chi connectivity index (χ3v) is 5.07. The van der Waals surface area contributed by atoms with E-state index in [9.17, 15) is 19.5 Å². The van der Waals surface area contributed by atoms with E-state index in [4.69, 9.17) is 10.5 Å². The number of benzene rings is 1. The standard InChI is InChI=1S/C20H29N3O5/c1-13(22-16(20(27)28-2)9-5-6-10-21)18(24)23-12-15-8-4-3-7-14(15)11-17(23)19(25)26/h3-4,7-8,13,16-17,22H,5-6,9-12,21H2,1-2H3,(H,25,26)/t13-,16-,17-/m0/s1. The zero-order chi connectivity index (χ0) is 20.7. The molecule has 1 aromatic carbocycles. The lowest BCUT2D eigenvalue weighted by atomic mass is 9.93. The smallest absolute Gasteiger partial charge is 0.326 e. The zero-order valence-corrected chi connectivity index (χ0v) is 16.4. The van der Waals surface area contributed by atoms with Crippen molar-refractivity contribution in [2.45, 2.75) is 57.3 Å². The van der Waals surface area contributed by atoms with Gasteiger partial charge in [-0.3, -0.25) is 14.9 Å². The number of carboxylic acid groups (broad SMARTS) is 1. The Labute approximate surface area is 165 Å². The van der Waals surface area contributed by atoms with E-state index < -0.39 is 30.1 Å². The molecule has 8 heteroatoms. The molecule has 8 nitrogen and oxygen atoms in total. The first-order valence-electron chi connectivity index (χ1n) is 9.53. The second kappa shape index (κ2) is 10.2. The van der Waals surface area contributed by atoms with Crippen molar-refractivity contribution in [2.24, 2.45) is 5.73 Å². The lowest BCUT2D eigenvalue weighted by molar-refractivity contribution is -0.153. The van der Waals surface area contributed by atoms with Gasteiger partial charge in [0.1, 0.15) is 12.1 Å². The summed E-state index contributed by atoms with van der Waals surface area (Å²) in [6, 6.07) is 5.22. The van der Waals surface area contributed by atoms with Gasteiger partial charge in [-0.1, -0.05) is 30.7 Å². The number of esters is 1. The van der Waals surface area contributed by atoms with Crippen molar-refractivity contribution >= 4 is 17.8 Å². The summed E-state index contributed by atoms with van der Waals surface area (Å²) >= 11 is 0. The molecule has 0 unspecified atom stereocenters. The van der Waals surface area contributed by atoms with Gasteiger partial charge < -0.3 is 20.5 Å². The third-order valence-electron chi connectivity index (χ3n) is 5.07. The Balaban J connectivity index is 2.12. The van der Waals surface area contributed by atoms with Crippen LogP contribution < -0.4 is 11.1 Å². The molecule has 154 valence electrons. The Morgan fingerprint density at radius 2 is 1.96 bits per heavy atom. The highest BCUT2D eigenvalue weighted by atomic mass is 16.5. The molecule has 0 aromatic heterocycles. The number of hydrogen-bond donors (Lipinski definition) is 3. The van der Waals surface area contributed by atoms with E-state index in [1.54, 1.807) is 6.92 Å². The van der Waals surface area contributed by atoms with E-state index in [2.05, 4.69) is 5.32 Å². The molecule has 1 aromatic rings. The van der Waals surface area contributed by atoms with Crippen LogP contribution in [0.15, 0.2) is 24.3 Å². The van der Waals surface area contributed by atoms with Gasteiger partial charge in [0.05, 0.1) is 13.2 Å². The number of nitrogens with one attached hydrogen (secondary N) is 1. The van der Waals surface area contributed by atoms with Crippen LogP contribution in [0.5, 0.6) is 0 Å². The number of carboxylic acids is 1. The number of hydrogen-bond acceptors (Lipinski definition) is 6. The minimum atomic E-state index is -1.04. The van der Waals surface area contributed by atoms with Gasteiger partial charge in [0, 0.05) is 13.0 Å². The number of methoxy groups -OCH3 is 1. The van der Waals surface area contributed by atoms with E-state index >= 15 is 0 Å². The van der Waals surface area contributed by atoms with E-state index in [0.29, 0.717) is 13.0 Å². The Morgan fingerprint density at radius 3 is 2.57 bits per heavy atom. The number of carbonyl (C=O) groups is 3. The Morgan fingerprint density at radius 1 is 1.29 bits per heavy atom. The van der Waals surface area contributed by atoms with E-state index in [0.717, 1.165) is 24.0 Å². The first kappa shape index (κ1) is 21.8. The fourth-order valence-corrected chi connectivity index (χ4v) is 3.50. The van der Waals surface area contributed by atoms with Crippen LogP contribution in [-0.4, -0.2) is 59.6 Å². The van der Waals surface area contributed by atoms with Gasteiger partial charge in [-0.25, -0.2) is 4.79 Å².